The molecule has 5 heteroatoms. The Morgan fingerprint density at radius 3 is 2.75 bits per heavy atom. The number of nitrogens with one attached hydrogen (secondary N) is 1. The van der Waals surface area contributed by atoms with Gasteiger partial charge in [-0.05, 0) is 31.6 Å². The van der Waals surface area contributed by atoms with E-state index in [9.17, 15) is 4.79 Å². The van der Waals surface area contributed by atoms with Crippen LogP contribution in [0.1, 0.15) is 32.6 Å². The second-order valence-electron chi connectivity index (χ2n) is 3.82. The first-order valence-corrected chi connectivity index (χ1v) is 7.19. The van der Waals surface area contributed by atoms with Gasteiger partial charge < -0.3 is 16.8 Å². The minimum atomic E-state index is -0.369. The lowest BCUT2D eigenvalue weighted by Crippen LogP contribution is -2.42. The molecule has 0 heterocycles. The van der Waals surface area contributed by atoms with Crippen LogP contribution in [0, 0.1) is 0 Å². The summed E-state index contributed by atoms with van der Waals surface area (Å²) in [7, 11) is 0. The summed E-state index contributed by atoms with van der Waals surface area (Å²) in [5.74, 6) is 1.75. The van der Waals surface area contributed by atoms with Gasteiger partial charge in [0, 0.05) is 12.3 Å². The summed E-state index contributed by atoms with van der Waals surface area (Å²) in [5.41, 5.74) is 11.1. The fourth-order valence-electron chi connectivity index (χ4n) is 1.22. The molecule has 0 rings (SSSR count). The van der Waals surface area contributed by atoms with E-state index in [1.807, 2.05) is 0 Å². The number of unbranched alkanes of at least 4 members (excludes halogenated alkanes) is 2. The van der Waals surface area contributed by atoms with E-state index in [1.165, 1.54) is 0 Å². The number of carbonyl (C=O) groups excluding carboxylic acids is 1. The highest BCUT2D eigenvalue weighted by molar-refractivity contribution is 7.99. The predicted octanol–water partition coefficient (Wildman–Crippen LogP) is 0.702. The Morgan fingerprint density at radius 2 is 2.12 bits per heavy atom. The molecule has 4 nitrogen and oxygen atoms in total. The maximum absolute atomic E-state index is 11.5. The predicted molar refractivity (Wildman–Crippen MR) is 71.5 cm³/mol. The van der Waals surface area contributed by atoms with Crippen molar-refractivity contribution in [2.24, 2.45) is 11.5 Å². The molecule has 96 valence electrons. The zero-order chi connectivity index (χ0) is 12.2. The Kier molecular flexibility index (Phi) is 11.0. The largest absolute Gasteiger partial charge is 0.355 e. The molecule has 0 aromatic heterocycles. The SMILES string of the molecule is CCCSC[C@H](N)C(=O)NCCCCCN. The van der Waals surface area contributed by atoms with Gasteiger partial charge in [0.05, 0.1) is 6.04 Å². The number of nitrogens with two attached hydrogens (primary N) is 2. The van der Waals surface area contributed by atoms with Crippen LogP contribution in [0.3, 0.4) is 0 Å². The summed E-state index contributed by atoms with van der Waals surface area (Å²) in [5, 5.41) is 2.85. The monoisotopic (exact) mass is 247 g/mol. The summed E-state index contributed by atoms with van der Waals surface area (Å²) >= 11 is 1.73. The van der Waals surface area contributed by atoms with E-state index in [4.69, 9.17) is 11.5 Å². The molecule has 0 aliphatic rings. The van der Waals surface area contributed by atoms with Crippen LogP contribution in [0.5, 0.6) is 0 Å². The molecule has 0 aromatic rings. The maximum atomic E-state index is 11.5. The van der Waals surface area contributed by atoms with Crippen molar-refractivity contribution >= 4 is 17.7 Å². The molecule has 0 radical (unpaired) electrons. The van der Waals surface area contributed by atoms with Crippen LogP contribution < -0.4 is 16.8 Å². The normalized spacial score (nSPS) is 12.4. The maximum Gasteiger partial charge on any atom is 0.237 e. The average Bonchev–Trinajstić information content (AvgIpc) is 2.28. The van der Waals surface area contributed by atoms with Crippen LogP contribution in [0.15, 0.2) is 0 Å². The van der Waals surface area contributed by atoms with E-state index in [0.29, 0.717) is 12.3 Å². The van der Waals surface area contributed by atoms with Crippen LogP contribution in [0.4, 0.5) is 0 Å². The fraction of sp³-hybridized carbons (Fsp3) is 0.909. The average molecular weight is 247 g/mol. The van der Waals surface area contributed by atoms with Gasteiger partial charge in [-0.25, -0.2) is 0 Å². The van der Waals surface area contributed by atoms with E-state index in [0.717, 1.165) is 38.0 Å². The van der Waals surface area contributed by atoms with E-state index in [2.05, 4.69) is 12.2 Å². The Labute approximate surface area is 103 Å². The molecule has 0 aromatic carbocycles. The molecular weight excluding hydrogens is 222 g/mol. The van der Waals surface area contributed by atoms with Gasteiger partial charge in [0.1, 0.15) is 0 Å². The number of hydrogen-bond donors (Lipinski definition) is 3. The number of hydrogen-bond acceptors (Lipinski definition) is 4. The van der Waals surface area contributed by atoms with Gasteiger partial charge in [-0.2, -0.15) is 11.8 Å². The highest BCUT2D eigenvalue weighted by Gasteiger charge is 2.11. The van der Waals surface area contributed by atoms with Crippen LogP contribution in [0.2, 0.25) is 0 Å². The number of rotatable bonds is 10. The molecule has 5 N–H and O–H groups in total. The molecule has 16 heavy (non-hydrogen) atoms. The van der Waals surface area contributed by atoms with E-state index in [-0.39, 0.29) is 11.9 Å². The molecule has 0 saturated heterocycles. The molecule has 0 fully saturated rings. The third kappa shape index (κ3) is 9.00. The second-order valence-corrected chi connectivity index (χ2v) is 4.97. The Hall–Kier alpha value is -0.260. The van der Waals surface area contributed by atoms with Gasteiger partial charge in [-0.15, -0.1) is 0 Å². The van der Waals surface area contributed by atoms with Crippen molar-refractivity contribution < 1.29 is 4.79 Å². The van der Waals surface area contributed by atoms with Gasteiger partial charge >= 0.3 is 0 Å². The van der Waals surface area contributed by atoms with Crippen LogP contribution in [0.25, 0.3) is 0 Å². The van der Waals surface area contributed by atoms with Crippen LogP contribution in [-0.4, -0.2) is 36.5 Å². The van der Waals surface area contributed by atoms with Gasteiger partial charge in [-0.1, -0.05) is 13.3 Å². The molecule has 1 atom stereocenters. The summed E-state index contributed by atoms with van der Waals surface area (Å²) in [6.07, 6.45) is 4.20. The van der Waals surface area contributed by atoms with Crippen LogP contribution >= 0.6 is 11.8 Å². The first-order valence-electron chi connectivity index (χ1n) is 6.03. The van der Waals surface area contributed by atoms with E-state index < -0.39 is 0 Å². The molecule has 0 bridgehead atoms. The van der Waals surface area contributed by atoms with Gasteiger partial charge in [0.2, 0.25) is 5.91 Å². The summed E-state index contributed by atoms with van der Waals surface area (Å²) in [4.78, 5) is 11.5. The first-order chi connectivity index (χ1) is 7.72. The highest BCUT2D eigenvalue weighted by Crippen LogP contribution is 2.03. The van der Waals surface area contributed by atoms with Crippen molar-refractivity contribution in [3.05, 3.63) is 0 Å². The van der Waals surface area contributed by atoms with Gasteiger partial charge in [-0.3, -0.25) is 4.79 Å². The van der Waals surface area contributed by atoms with Crippen molar-refractivity contribution in [3.63, 3.8) is 0 Å². The zero-order valence-corrected chi connectivity index (χ0v) is 11.0. The van der Waals surface area contributed by atoms with Crippen LogP contribution in [-0.2, 0) is 4.79 Å². The number of amides is 1. The molecule has 0 unspecified atom stereocenters. The van der Waals surface area contributed by atoms with Crippen molar-refractivity contribution in [2.75, 3.05) is 24.6 Å². The number of thioether (sulfide) groups is 1. The van der Waals surface area contributed by atoms with Gasteiger partial charge in [0.25, 0.3) is 0 Å². The Morgan fingerprint density at radius 1 is 1.38 bits per heavy atom. The molecule has 0 aliphatic heterocycles. The number of carbonyl (C=O) groups is 1. The smallest absolute Gasteiger partial charge is 0.237 e. The Balaban J connectivity index is 3.40. The third-order valence-electron chi connectivity index (χ3n) is 2.16. The molecule has 0 aliphatic carbocycles. The fourth-order valence-corrected chi connectivity index (χ4v) is 2.08. The molecule has 1 amide bonds. The minimum Gasteiger partial charge on any atom is -0.355 e. The lowest BCUT2D eigenvalue weighted by atomic mass is 10.2. The lowest BCUT2D eigenvalue weighted by Gasteiger charge is -2.11. The quantitative estimate of drug-likeness (QED) is 0.496. The van der Waals surface area contributed by atoms with Crippen molar-refractivity contribution in [1.29, 1.82) is 0 Å². The minimum absolute atomic E-state index is 0.0312. The van der Waals surface area contributed by atoms with Crippen molar-refractivity contribution in [1.82, 2.24) is 5.32 Å². The Bertz CT molecular complexity index is 179. The summed E-state index contributed by atoms with van der Waals surface area (Å²) < 4.78 is 0. The molecular formula is C11H25N3OS. The van der Waals surface area contributed by atoms with E-state index in [1.54, 1.807) is 11.8 Å². The van der Waals surface area contributed by atoms with Crippen molar-refractivity contribution in [3.8, 4) is 0 Å². The summed E-state index contributed by atoms with van der Waals surface area (Å²) in [6, 6.07) is -0.369. The summed E-state index contributed by atoms with van der Waals surface area (Å²) in [6.45, 7) is 3.56. The van der Waals surface area contributed by atoms with Crippen molar-refractivity contribution in [2.45, 2.75) is 38.6 Å². The third-order valence-corrected chi connectivity index (χ3v) is 3.45. The second kappa shape index (κ2) is 11.2. The van der Waals surface area contributed by atoms with E-state index >= 15 is 0 Å². The molecule has 0 spiro atoms. The standard InChI is InChI=1S/C11H25N3OS/c1-2-8-16-9-10(13)11(15)14-7-5-3-4-6-12/h10H,2-9,12-13H2,1H3,(H,14,15)/t10-/m0/s1. The highest BCUT2D eigenvalue weighted by atomic mass is 32.2. The topological polar surface area (TPSA) is 81.1 Å². The van der Waals surface area contributed by atoms with Gasteiger partial charge in [0.15, 0.2) is 0 Å². The zero-order valence-electron chi connectivity index (χ0n) is 10.2. The lowest BCUT2D eigenvalue weighted by molar-refractivity contribution is -0.121. The molecule has 0 saturated carbocycles. The first kappa shape index (κ1) is 15.7.